The number of halogens is 3. The van der Waals surface area contributed by atoms with Gasteiger partial charge in [0, 0.05) is 32.4 Å². The lowest BCUT2D eigenvalue weighted by Gasteiger charge is -2.19. The molecule has 1 aliphatic heterocycles. The van der Waals surface area contributed by atoms with Crippen LogP contribution in [0.2, 0.25) is 0 Å². The number of likely N-dealkylation sites (tertiary alicyclic amines) is 1. The highest BCUT2D eigenvalue weighted by Gasteiger charge is 2.34. The maximum atomic E-state index is 12.3. The predicted octanol–water partition coefficient (Wildman–Crippen LogP) is 0.711. The quantitative estimate of drug-likeness (QED) is 0.566. The summed E-state index contributed by atoms with van der Waals surface area (Å²) in [5.41, 5.74) is 0.906. The van der Waals surface area contributed by atoms with Crippen LogP contribution in [0, 0.1) is 0 Å². The van der Waals surface area contributed by atoms with Crippen LogP contribution in [-0.4, -0.2) is 60.0 Å². The highest BCUT2D eigenvalue weighted by molar-refractivity contribution is 5.79. The molecular weight excluding hydrogens is 285 g/mol. The largest absolute Gasteiger partial charge is 0.401 e. The van der Waals surface area contributed by atoms with Gasteiger partial charge in [-0.05, 0) is 12.5 Å². The molecule has 1 aromatic heterocycles. The van der Waals surface area contributed by atoms with Crippen LogP contribution in [0.15, 0.2) is 17.3 Å². The molecule has 0 bridgehead atoms. The minimum Gasteiger partial charge on any atom is -0.352 e. The molecule has 3 N–H and O–H groups in total. The van der Waals surface area contributed by atoms with Gasteiger partial charge in [-0.1, -0.05) is 0 Å². The summed E-state index contributed by atoms with van der Waals surface area (Å²) in [5.74, 6) is 0.573. The lowest BCUT2D eigenvalue weighted by molar-refractivity contribution is -0.143. The van der Waals surface area contributed by atoms with E-state index in [1.54, 1.807) is 13.2 Å². The van der Waals surface area contributed by atoms with Crippen molar-refractivity contribution in [2.45, 2.75) is 25.2 Å². The number of H-pyrrole nitrogens is 1. The fourth-order valence-corrected chi connectivity index (χ4v) is 2.30. The molecule has 0 amide bonds. The van der Waals surface area contributed by atoms with E-state index in [0.29, 0.717) is 32.0 Å². The third-order valence-corrected chi connectivity index (χ3v) is 3.24. The number of hydrogen-bond donors (Lipinski definition) is 3. The first kappa shape index (κ1) is 15.6. The number of nitrogens with zero attached hydrogens (tertiary/aromatic N) is 3. The first-order valence-corrected chi connectivity index (χ1v) is 6.71. The third kappa shape index (κ3) is 5.25. The summed E-state index contributed by atoms with van der Waals surface area (Å²) in [6.07, 6.45) is -1.82. The molecule has 2 heterocycles. The zero-order valence-corrected chi connectivity index (χ0v) is 11.7. The van der Waals surface area contributed by atoms with Gasteiger partial charge >= 0.3 is 6.18 Å². The minimum absolute atomic E-state index is 0.0275. The van der Waals surface area contributed by atoms with Crippen LogP contribution >= 0.6 is 0 Å². The minimum atomic E-state index is -4.14. The monoisotopic (exact) mass is 304 g/mol. The van der Waals surface area contributed by atoms with E-state index >= 15 is 0 Å². The van der Waals surface area contributed by atoms with Gasteiger partial charge in [0.05, 0.1) is 18.8 Å². The van der Waals surface area contributed by atoms with Crippen molar-refractivity contribution in [3.8, 4) is 0 Å². The molecule has 0 radical (unpaired) electrons. The standard InChI is InChI=1S/C12H19F3N6/c1-16-11(17-6-9-2-4-18-20-9)19-10-3-5-21(7-10)8-12(13,14)15/h2,4,10H,3,5-8H2,1H3,(H,18,20)(H2,16,17,19). The molecule has 1 saturated heterocycles. The fourth-order valence-electron chi connectivity index (χ4n) is 2.30. The van der Waals surface area contributed by atoms with Crippen molar-refractivity contribution in [3.63, 3.8) is 0 Å². The SMILES string of the molecule is CN=C(NCc1ccn[nH]1)NC1CCN(CC(F)(F)F)C1. The van der Waals surface area contributed by atoms with E-state index in [1.807, 2.05) is 6.07 Å². The van der Waals surface area contributed by atoms with Crippen molar-refractivity contribution >= 4 is 5.96 Å². The highest BCUT2D eigenvalue weighted by atomic mass is 19.4. The molecule has 0 spiro atoms. The predicted molar refractivity (Wildman–Crippen MR) is 72.8 cm³/mol. The van der Waals surface area contributed by atoms with Gasteiger partial charge in [-0.15, -0.1) is 0 Å². The summed E-state index contributed by atoms with van der Waals surface area (Å²) in [5, 5.41) is 12.9. The molecule has 1 aromatic rings. The maximum absolute atomic E-state index is 12.3. The molecule has 1 unspecified atom stereocenters. The van der Waals surface area contributed by atoms with E-state index in [0.717, 1.165) is 5.69 Å². The van der Waals surface area contributed by atoms with E-state index in [-0.39, 0.29) is 6.04 Å². The lowest BCUT2D eigenvalue weighted by Crippen LogP contribution is -2.44. The number of alkyl halides is 3. The number of aromatic nitrogens is 2. The highest BCUT2D eigenvalue weighted by Crippen LogP contribution is 2.19. The molecule has 1 fully saturated rings. The van der Waals surface area contributed by atoms with Gasteiger partial charge in [0.2, 0.25) is 0 Å². The van der Waals surface area contributed by atoms with E-state index in [2.05, 4.69) is 25.8 Å². The Morgan fingerprint density at radius 1 is 1.57 bits per heavy atom. The van der Waals surface area contributed by atoms with Gasteiger partial charge in [-0.3, -0.25) is 15.0 Å². The second-order valence-corrected chi connectivity index (χ2v) is 4.99. The number of aromatic amines is 1. The molecular formula is C12H19F3N6. The Kier molecular flexibility index (Phi) is 5.05. The molecule has 6 nitrogen and oxygen atoms in total. The summed E-state index contributed by atoms with van der Waals surface area (Å²) >= 11 is 0. The molecule has 21 heavy (non-hydrogen) atoms. The molecule has 2 rings (SSSR count). The van der Waals surface area contributed by atoms with Crippen molar-refractivity contribution < 1.29 is 13.2 Å². The smallest absolute Gasteiger partial charge is 0.352 e. The summed E-state index contributed by atoms with van der Waals surface area (Å²) in [6, 6.07) is 1.81. The summed E-state index contributed by atoms with van der Waals surface area (Å²) in [6.45, 7) is 0.475. The van der Waals surface area contributed by atoms with Crippen molar-refractivity contribution in [2.75, 3.05) is 26.7 Å². The van der Waals surface area contributed by atoms with Crippen LogP contribution in [0.25, 0.3) is 0 Å². The summed E-state index contributed by atoms with van der Waals surface area (Å²) in [4.78, 5) is 5.47. The molecule has 0 aromatic carbocycles. The Labute approximate surface area is 120 Å². The molecule has 118 valence electrons. The van der Waals surface area contributed by atoms with Crippen LogP contribution < -0.4 is 10.6 Å². The zero-order chi connectivity index (χ0) is 15.3. The Hall–Kier alpha value is -1.77. The normalized spacial score (nSPS) is 20.8. The fraction of sp³-hybridized carbons (Fsp3) is 0.667. The van der Waals surface area contributed by atoms with Gasteiger partial charge in [0.15, 0.2) is 5.96 Å². The number of guanidine groups is 1. The van der Waals surface area contributed by atoms with E-state index in [9.17, 15) is 13.2 Å². The molecule has 0 saturated carbocycles. The van der Waals surface area contributed by atoms with Crippen molar-refractivity contribution in [1.29, 1.82) is 0 Å². The second kappa shape index (κ2) is 6.79. The topological polar surface area (TPSA) is 68.3 Å². The number of nitrogens with one attached hydrogen (secondary N) is 3. The van der Waals surface area contributed by atoms with Crippen LogP contribution in [0.1, 0.15) is 12.1 Å². The van der Waals surface area contributed by atoms with E-state index < -0.39 is 12.7 Å². The van der Waals surface area contributed by atoms with Gasteiger partial charge < -0.3 is 10.6 Å². The van der Waals surface area contributed by atoms with Gasteiger partial charge in [-0.2, -0.15) is 18.3 Å². The summed E-state index contributed by atoms with van der Waals surface area (Å²) < 4.78 is 37.0. The average Bonchev–Trinajstić information content (AvgIpc) is 3.04. The van der Waals surface area contributed by atoms with Crippen molar-refractivity contribution in [3.05, 3.63) is 18.0 Å². The number of aliphatic imine (C=N–C) groups is 1. The van der Waals surface area contributed by atoms with Crippen LogP contribution in [0.4, 0.5) is 13.2 Å². The van der Waals surface area contributed by atoms with Crippen molar-refractivity contribution in [1.82, 2.24) is 25.7 Å². The van der Waals surface area contributed by atoms with Gasteiger partial charge in [-0.25, -0.2) is 0 Å². The Morgan fingerprint density at radius 3 is 3.00 bits per heavy atom. The van der Waals surface area contributed by atoms with Gasteiger partial charge in [0.1, 0.15) is 0 Å². The maximum Gasteiger partial charge on any atom is 0.401 e. The molecule has 0 aliphatic carbocycles. The number of rotatable bonds is 4. The van der Waals surface area contributed by atoms with Gasteiger partial charge in [0.25, 0.3) is 0 Å². The average molecular weight is 304 g/mol. The molecule has 9 heteroatoms. The zero-order valence-electron chi connectivity index (χ0n) is 11.7. The first-order chi connectivity index (χ1) is 9.96. The third-order valence-electron chi connectivity index (χ3n) is 3.24. The Balaban J connectivity index is 1.75. The lowest BCUT2D eigenvalue weighted by atomic mass is 10.3. The van der Waals surface area contributed by atoms with E-state index in [4.69, 9.17) is 0 Å². The Bertz CT molecular complexity index is 456. The molecule has 1 aliphatic rings. The van der Waals surface area contributed by atoms with Crippen LogP contribution in [0.3, 0.4) is 0 Å². The Morgan fingerprint density at radius 2 is 2.38 bits per heavy atom. The van der Waals surface area contributed by atoms with E-state index in [1.165, 1.54) is 4.90 Å². The van der Waals surface area contributed by atoms with Crippen LogP contribution in [0.5, 0.6) is 0 Å². The first-order valence-electron chi connectivity index (χ1n) is 6.71. The van der Waals surface area contributed by atoms with Crippen LogP contribution in [-0.2, 0) is 6.54 Å². The summed E-state index contributed by atoms with van der Waals surface area (Å²) in [7, 11) is 1.63. The molecule has 1 atom stereocenters. The van der Waals surface area contributed by atoms with Crippen molar-refractivity contribution in [2.24, 2.45) is 4.99 Å². The second-order valence-electron chi connectivity index (χ2n) is 4.99. The number of hydrogen-bond acceptors (Lipinski definition) is 3.